The molecule has 0 spiro atoms. The molecule has 4 nitrogen and oxygen atoms in total. The number of nitrogens with one attached hydrogen (secondary N) is 1. The van der Waals surface area contributed by atoms with Crippen LogP contribution in [-0.4, -0.2) is 18.4 Å². The van der Waals surface area contributed by atoms with Crippen LogP contribution in [0.15, 0.2) is 30.3 Å². The lowest BCUT2D eigenvalue weighted by Crippen LogP contribution is -2.29. The van der Waals surface area contributed by atoms with E-state index in [0.29, 0.717) is 6.42 Å². The van der Waals surface area contributed by atoms with Gasteiger partial charge in [0.25, 0.3) is 0 Å². The second kappa shape index (κ2) is 6.61. The smallest absolute Gasteiger partial charge is 0.325 e. The van der Waals surface area contributed by atoms with Crippen molar-refractivity contribution < 1.29 is 14.3 Å². The summed E-state index contributed by atoms with van der Waals surface area (Å²) in [4.78, 5) is 22.1. The maximum atomic E-state index is 11.2. The standard InChI is InChI=1S/C12H15NO3/c1-2-11(14)13-8-12(15)16-9-10-6-4-3-5-7-10/h3-7H,2,8-9H2,1H3,(H,13,14). The highest BCUT2D eigenvalue weighted by Crippen LogP contribution is 2.00. The van der Waals surface area contributed by atoms with Gasteiger partial charge in [0.05, 0.1) is 0 Å². The third-order valence-corrected chi connectivity index (χ3v) is 1.99. The first-order valence-electron chi connectivity index (χ1n) is 5.18. The third-order valence-electron chi connectivity index (χ3n) is 1.99. The Morgan fingerprint density at radius 1 is 1.25 bits per heavy atom. The Morgan fingerprint density at radius 3 is 2.56 bits per heavy atom. The van der Waals surface area contributed by atoms with Crippen LogP contribution < -0.4 is 5.32 Å². The zero-order valence-corrected chi connectivity index (χ0v) is 9.23. The quantitative estimate of drug-likeness (QED) is 0.761. The molecule has 0 bridgehead atoms. The van der Waals surface area contributed by atoms with E-state index < -0.39 is 5.97 Å². The summed E-state index contributed by atoms with van der Waals surface area (Å²) >= 11 is 0. The van der Waals surface area contributed by atoms with Gasteiger partial charge in [0.15, 0.2) is 0 Å². The lowest BCUT2D eigenvalue weighted by Gasteiger charge is -2.05. The van der Waals surface area contributed by atoms with Crippen LogP contribution in [0, 0.1) is 0 Å². The fraction of sp³-hybridized carbons (Fsp3) is 0.333. The van der Waals surface area contributed by atoms with Crippen molar-refractivity contribution in [2.75, 3.05) is 6.54 Å². The number of carbonyl (C=O) groups excluding carboxylic acids is 2. The number of esters is 1. The van der Waals surface area contributed by atoms with Gasteiger partial charge in [-0.25, -0.2) is 0 Å². The van der Waals surface area contributed by atoms with Gasteiger partial charge in [-0.05, 0) is 5.56 Å². The summed E-state index contributed by atoms with van der Waals surface area (Å²) in [7, 11) is 0. The van der Waals surface area contributed by atoms with Crippen molar-refractivity contribution in [2.45, 2.75) is 20.0 Å². The molecule has 0 radical (unpaired) electrons. The predicted molar refractivity (Wildman–Crippen MR) is 59.5 cm³/mol. The molecule has 16 heavy (non-hydrogen) atoms. The van der Waals surface area contributed by atoms with Crippen molar-refractivity contribution >= 4 is 11.9 Å². The Balaban J connectivity index is 2.23. The summed E-state index contributed by atoms with van der Waals surface area (Å²) in [5, 5.41) is 2.45. The van der Waals surface area contributed by atoms with E-state index in [9.17, 15) is 9.59 Å². The molecular weight excluding hydrogens is 206 g/mol. The summed E-state index contributed by atoms with van der Waals surface area (Å²) in [5.74, 6) is -0.581. The minimum Gasteiger partial charge on any atom is -0.460 e. The van der Waals surface area contributed by atoms with Gasteiger partial charge in [0, 0.05) is 6.42 Å². The molecule has 0 aliphatic carbocycles. The second-order valence-corrected chi connectivity index (χ2v) is 3.28. The number of ether oxygens (including phenoxy) is 1. The van der Waals surface area contributed by atoms with Gasteiger partial charge < -0.3 is 10.1 Å². The first-order valence-corrected chi connectivity index (χ1v) is 5.18. The molecular formula is C12H15NO3. The van der Waals surface area contributed by atoms with Crippen LogP contribution in [0.5, 0.6) is 0 Å². The van der Waals surface area contributed by atoms with Gasteiger partial charge in [0.1, 0.15) is 13.2 Å². The van der Waals surface area contributed by atoms with Crippen LogP contribution in [0.3, 0.4) is 0 Å². The summed E-state index contributed by atoms with van der Waals surface area (Å²) in [6, 6.07) is 9.40. The van der Waals surface area contributed by atoms with E-state index >= 15 is 0 Å². The van der Waals surface area contributed by atoms with Gasteiger partial charge in [-0.1, -0.05) is 37.3 Å². The van der Waals surface area contributed by atoms with E-state index in [1.807, 2.05) is 30.3 Å². The van der Waals surface area contributed by atoms with Crippen LogP contribution in [0.25, 0.3) is 0 Å². The lowest BCUT2D eigenvalue weighted by molar-refractivity contribution is -0.145. The number of rotatable bonds is 5. The summed E-state index contributed by atoms with van der Waals surface area (Å²) in [6.07, 6.45) is 0.367. The van der Waals surface area contributed by atoms with E-state index in [1.54, 1.807) is 6.92 Å². The molecule has 0 atom stereocenters. The van der Waals surface area contributed by atoms with Gasteiger partial charge in [-0.15, -0.1) is 0 Å². The molecule has 0 aromatic heterocycles. The maximum absolute atomic E-state index is 11.2. The third kappa shape index (κ3) is 4.59. The number of benzene rings is 1. The molecule has 1 rings (SSSR count). The van der Waals surface area contributed by atoms with Crippen LogP contribution >= 0.6 is 0 Å². The molecule has 0 saturated heterocycles. The van der Waals surface area contributed by atoms with Crippen molar-refractivity contribution in [3.8, 4) is 0 Å². The molecule has 0 unspecified atom stereocenters. The SMILES string of the molecule is CCC(=O)NCC(=O)OCc1ccccc1. The minimum atomic E-state index is -0.425. The van der Waals surface area contributed by atoms with Crippen molar-refractivity contribution in [3.05, 3.63) is 35.9 Å². The minimum absolute atomic E-state index is 0.0699. The molecule has 1 aromatic rings. The van der Waals surface area contributed by atoms with E-state index in [-0.39, 0.29) is 19.1 Å². The largest absolute Gasteiger partial charge is 0.460 e. The van der Waals surface area contributed by atoms with Gasteiger partial charge in [-0.2, -0.15) is 0 Å². The van der Waals surface area contributed by atoms with Crippen molar-refractivity contribution in [2.24, 2.45) is 0 Å². The van der Waals surface area contributed by atoms with Crippen LogP contribution in [0.1, 0.15) is 18.9 Å². The first kappa shape index (κ1) is 12.2. The fourth-order valence-electron chi connectivity index (χ4n) is 1.08. The Kier molecular flexibility index (Phi) is 5.05. The highest BCUT2D eigenvalue weighted by molar-refractivity contribution is 5.81. The fourth-order valence-corrected chi connectivity index (χ4v) is 1.08. The second-order valence-electron chi connectivity index (χ2n) is 3.28. The first-order chi connectivity index (χ1) is 7.72. The zero-order valence-electron chi connectivity index (χ0n) is 9.23. The van der Waals surface area contributed by atoms with Crippen LogP contribution in [-0.2, 0) is 20.9 Å². The highest BCUT2D eigenvalue weighted by atomic mass is 16.5. The van der Waals surface area contributed by atoms with Crippen LogP contribution in [0.4, 0.5) is 0 Å². The Bertz CT molecular complexity index is 349. The number of hydrogen-bond donors (Lipinski definition) is 1. The van der Waals surface area contributed by atoms with E-state index in [1.165, 1.54) is 0 Å². The topological polar surface area (TPSA) is 55.4 Å². The van der Waals surface area contributed by atoms with E-state index in [4.69, 9.17) is 4.74 Å². The highest BCUT2D eigenvalue weighted by Gasteiger charge is 2.04. The van der Waals surface area contributed by atoms with Crippen LogP contribution in [0.2, 0.25) is 0 Å². The monoisotopic (exact) mass is 221 g/mol. The van der Waals surface area contributed by atoms with E-state index in [2.05, 4.69) is 5.32 Å². The lowest BCUT2D eigenvalue weighted by atomic mass is 10.2. The van der Waals surface area contributed by atoms with Gasteiger partial charge in [-0.3, -0.25) is 9.59 Å². The Morgan fingerprint density at radius 2 is 1.94 bits per heavy atom. The van der Waals surface area contributed by atoms with Crippen molar-refractivity contribution in [1.82, 2.24) is 5.32 Å². The molecule has 86 valence electrons. The zero-order chi connectivity index (χ0) is 11.8. The normalized spacial score (nSPS) is 9.56. The molecule has 1 aromatic carbocycles. The molecule has 0 saturated carbocycles. The Hall–Kier alpha value is -1.84. The number of amides is 1. The van der Waals surface area contributed by atoms with Crippen molar-refractivity contribution in [3.63, 3.8) is 0 Å². The predicted octanol–water partition coefficient (Wildman–Crippen LogP) is 1.26. The average molecular weight is 221 g/mol. The number of carbonyl (C=O) groups is 2. The summed E-state index contributed by atoms with van der Waals surface area (Å²) in [5.41, 5.74) is 0.928. The molecule has 4 heteroatoms. The maximum Gasteiger partial charge on any atom is 0.325 e. The molecule has 0 fully saturated rings. The Labute approximate surface area is 94.6 Å². The average Bonchev–Trinajstić information content (AvgIpc) is 2.34. The number of hydrogen-bond acceptors (Lipinski definition) is 3. The van der Waals surface area contributed by atoms with Gasteiger partial charge >= 0.3 is 5.97 Å². The molecule has 0 aliphatic heterocycles. The molecule has 1 amide bonds. The van der Waals surface area contributed by atoms with E-state index in [0.717, 1.165) is 5.56 Å². The molecule has 0 heterocycles. The van der Waals surface area contributed by atoms with Crippen molar-refractivity contribution in [1.29, 1.82) is 0 Å². The molecule has 0 aliphatic rings. The molecule has 1 N–H and O–H groups in total. The summed E-state index contributed by atoms with van der Waals surface area (Å²) in [6.45, 7) is 1.89. The van der Waals surface area contributed by atoms with Gasteiger partial charge in [0.2, 0.25) is 5.91 Å². The summed E-state index contributed by atoms with van der Waals surface area (Å²) < 4.78 is 4.97.